The first kappa shape index (κ1) is 35.0. The van der Waals surface area contributed by atoms with Gasteiger partial charge in [0.25, 0.3) is 0 Å². The van der Waals surface area contributed by atoms with Gasteiger partial charge in [0.2, 0.25) is 0 Å². The van der Waals surface area contributed by atoms with E-state index in [1.807, 2.05) is 41.9 Å². The van der Waals surface area contributed by atoms with Crippen LogP contribution in [-0.4, -0.2) is 84.7 Å². The molecule has 3 aliphatic rings. The number of cyclic esters (lactones) is 1. The Morgan fingerprint density at radius 1 is 1.20 bits per heavy atom. The first-order chi connectivity index (χ1) is 18.9. The topological polar surface area (TPSA) is 133 Å². The number of rotatable bonds is 10. The van der Waals surface area contributed by atoms with Gasteiger partial charge in [0.15, 0.2) is 0 Å². The zero-order chi connectivity index (χ0) is 31.1. The number of carbonyl (C=O) groups is 3. The summed E-state index contributed by atoms with van der Waals surface area (Å²) in [7, 11) is 5.66. The van der Waals surface area contributed by atoms with Gasteiger partial charge in [-0.3, -0.25) is 9.59 Å². The third kappa shape index (κ3) is 11.2. The zero-order valence-electron chi connectivity index (χ0n) is 26.3. The van der Waals surface area contributed by atoms with Gasteiger partial charge in [-0.05, 0) is 62.9 Å². The van der Waals surface area contributed by atoms with E-state index < -0.39 is 23.6 Å². The number of ether oxygens (including phenoxy) is 2. The highest BCUT2D eigenvalue weighted by molar-refractivity contribution is 5.76. The van der Waals surface area contributed by atoms with Crippen LogP contribution in [-0.2, 0) is 23.9 Å². The van der Waals surface area contributed by atoms with Gasteiger partial charge in [0.05, 0.1) is 39.1 Å². The van der Waals surface area contributed by atoms with Crippen molar-refractivity contribution >= 4 is 17.9 Å². The largest absolute Gasteiger partial charge is 0.550 e. The molecule has 0 spiro atoms. The maximum Gasteiger partial charge on any atom is 0.311 e. The molecule has 0 amide bonds. The quantitative estimate of drug-likeness (QED) is 0.298. The fourth-order valence-corrected chi connectivity index (χ4v) is 5.97. The van der Waals surface area contributed by atoms with Crippen molar-refractivity contribution in [2.75, 3.05) is 27.7 Å². The molecule has 0 aromatic rings. The molecule has 0 aromatic heterocycles. The number of hydrogen-bond acceptors (Lipinski definition) is 8. The second-order valence-electron chi connectivity index (χ2n) is 14.0. The Hall–Kier alpha value is -2.23. The predicted octanol–water partition coefficient (Wildman–Crippen LogP) is 2.78. The molecule has 0 saturated carbocycles. The Kier molecular flexibility index (Phi) is 12.6. The molecule has 0 unspecified atom stereocenters. The zero-order valence-corrected chi connectivity index (χ0v) is 26.3. The molecule has 9 nitrogen and oxygen atoms in total. The third-order valence-corrected chi connectivity index (χ3v) is 8.51. The van der Waals surface area contributed by atoms with Gasteiger partial charge in [0.1, 0.15) is 24.9 Å². The first-order valence-electron chi connectivity index (χ1n) is 15.1. The van der Waals surface area contributed by atoms with E-state index in [2.05, 4.69) is 32.1 Å². The van der Waals surface area contributed by atoms with Crippen molar-refractivity contribution in [3.63, 3.8) is 0 Å². The van der Waals surface area contributed by atoms with E-state index in [-0.39, 0.29) is 42.9 Å². The van der Waals surface area contributed by atoms with Crippen LogP contribution in [0.3, 0.4) is 0 Å². The fourth-order valence-electron chi connectivity index (χ4n) is 5.97. The van der Waals surface area contributed by atoms with Crippen LogP contribution in [0.15, 0.2) is 23.8 Å². The van der Waals surface area contributed by atoms with Crippen LogP contribution >= 0.6 is 0 Å². The highest BCUT2D eigenvalue weighted by atomic mass is 16.6. The number of quaternary nitrogens is 1. The molecule has 0 bridgehead atoms. The van der Waals surface area contributed by atoms with Gasteiger partial charge in [-0.15, -0.1) is 0 Å². The van der Waals surface area contributed by atoms with Crippen molar-refractivity contribution < 1.29 is 43.7 Å². The monoisotopic (exact) mass is 579 g/mol. The molecule has 0 radical (unpaired) electrons. The summed E-state index contributed by atoms with van der Waals surface area (Å²) in [4.78, 5) is 34.6. The summed E-state index contributed by atoms with van der Waals surface area (Å²) in [6.07, 6.45) is 8.53. The van der Waals surface area contributed by atoms with E-state index in [1.54, 1.807) is 0 Å². The summed E-state index contributed by atoms with van der Waals surface area (Å²) in [5.41, 5.74) is 0.785. The number of carboxylic acid groups (broad SMARTS) is 1. The Bertz CT molecular complexity index is 965. The minimum Gasteiger partial charge on any atom is -0.550 e. The summed E-state index contributed by atoms with van der Waals surface area (Å²) in [5.74, 6) is -0.427. The SMILES string of the molecule is CCC(C)(C)C(=O)O[C@H]1C[C@@H](C)C=C2C=C[C@H](C)[C@H](CC[C@@H]3C[C@@H](O)CC(=O)O3)[C@H]21.C[N+](C)(C)C[C@H](O)CC(=O)[O-]. The third-order valence-electron chi connectivity index (χ3n) is 8.51. The molecule has 2 aliphatic carbocycles. The number of hydrogen-bond donors (Lipinski definition) is 2. The number of aliphatic hydroxyl groups is 2. The maximum absolute atomic E-state index is 12.9. The number of allylic oxidation sites excluding steroid dienone is 3. The lowest BCUT2D eigenvalue weighted by Crippen LogP contribution is -2.43. The number of carboxylic acids is 1. The van der Waals surface area contributed by atoms with Crippen LogP contribution in [0.1, 0.15) is 79.6 Å². The molecule has 234 valence electrons. The standard InChI is InChI=1S/C25H38O5.C7H15NO3/c1-6-25(4,5)24(28)30-21-12-15(2)11-17-8-7-16(3)20(23(17)21)10-9-19-13-18(26)14-22(27)29-19;1-8(2,3)5-6(9)4-7(10)11/h7-8,11,15-16,18-21,23,26H,6,9-10,12-14H2,1-5H3;6,9H,4-5H2,1-3H3/t15-,16-,18+,19+,20-,21-,23-;6-/m01/s1. The summed E-state index contributed by atoms with van der Waals surface area (Å²) < 4.78 is 12.2. The molecule has 1 fully saturated rings. The number of esters is 2. The second kappa shape index (κ2) is 14.8. The molecule has 3 rings (SSSR count). The highest BCUT2D eigenvalue weighted by Crippen LogP contribution is 2.45. The maximum atomic E-state index is 12.9. The Morgan fingerprint density at radius 3 is 2.41 bits per heavy atom. The molecular weight excluding hydrogens is 526 g/mol. The summed E-state index contributed by atoms with van der Waals surface area (Å²) in [6, 6.07) is 0. The smallest absolute Gasteiger partial charge is 0.311 e. The van der Waals surface area contributed by atoms with Crippen molar-refractivity contribution in [2.24, 2.45) is 29.1 Å². The van der Waals surface area contributed by atoms with Crippen LogP contribution in [0.2, 0.25) is 0 Å². The van der Waals surface area contributed by atoms with Crippen molar-refractivity contribution in [1.29, 1.82) is 0 Å². The lowest BCUT2D eigenvalue weighted by molar-refractivity contribution is -0.873. The van der Waals surface area contributed by atoms with Gasteiger partial charge in [-0.25, -0.2) is 0 Å². The molecule has 1 heterocycles. The average Bonchev–Trinajstić information content (AvgIpc) is 2.81. The van der Waals surface area contributed by atoms with E-state index in [1.165, 1.54) is 5.57 Å². The number of aliphatic hydroxyl groups excluding tert-OH is 2. The molecule has 41 heavy (non-hydrogen) atoms. The van der Waals surface area contributed by atoms with Gasteiger partial charge in [-0.2, -0.15) is 0 Å². The number of likely N-dealkylation sites (N-methyl/N-ethyl adjacent to an activating group) is 1. The predicted molar refractivity (Wildman–Crippen MR) is 154 cm³/mol. The van der Waals surface area contributed by atoms with E-state index in [9.17, 15) is 24.6 Å². The van der Waals surface area contributed by atoms with Gasteiger partial charge in [-0.1, -0.05) is 39.0 Å². The number of fused-ring (bicyclic) bond motifs is 1. The van der Waals surface area contributed by atoms with Crippen LogP contribution in [0.5, 0.6) is 0 Å². The molecular formula is C32H53NO8. The summed E-state index contributed by atoms with van der Waals surface area (Å²) in [5, 5.41) is 29.1. The molecule has 8 atom stereocenters. The van der Waals surface area contributed by atoms with Crippen LogP contribution in [0, 0.1) is 29.1 Å². The number of carbonyl (C=O) groups excluding carboxylic acids is 3. The van der Waals surface area contributed by atoms with Gasteiger partial charge < -0.3 is 34.1 Å². The van der Waals surface area contributed by atoms with Crippen LogP contribution in [0.4, 0.5) is 0 Å². The Morgan fingerprint density at radius 2 is 1.85 bits per heavy atom. The van der Waals surface area contributed by atoms with E-state index in [0.717, 1.165) is 25.7 Å². The molecule has 1 aliphatic heterocycles. The molecule has 1 saturated heterocycles. The molecule has 9 heteroatoms. The summed E-state index contributed by atoms with van der Waals surface area (Å²) in [6.45, 7) is 10.7. The second-order valence-corrected chi connectivity index (χ2v) is 14.0. The van der Waals surface area contributed by atoms with Gasteiger partial charge >= 0.3 is 11.9 Å². The Labute approximate surface area is 246 Å². The van der Waals surface area contributed by atoms with Crippen molar-refractivity contribution in [1.82, 2.24) is 0 Å². The van der Waals surface area contributed by atoms with Crippen LogP contribution < -0.4 is 5.11 Å². The number of nitrogens with zero attached hydrogens (tertiary/aromatic N) is 1. The van der Waals surface area contributed by atoms with Crippen molar-refractivity contribution in [2.45, 2.75) is 104 Å². The minimum absolute atomic E-state index is 0.0949. The van der Waals surface area contributed by atoms with E-state index in [4.69, 9.17) is 14.6 Å². The van der Waals surface area contributed by atoms with Crippen molar-refractivity contribution in [3.05, 3.63) is 23.8 Å². The minimum atomic E-state index is -1.20. The Balaban J connectivity index is 0.000000454. The first-order valence-corrected chi connectivity index (χ1v) is 15.1. The highest BCUT2D eigenvalue weighted by Gasteiger charge is 2.43. The van der Waals surface area contributed by atoms with Crippen LogP contribution in [0.25, 0.3) is 0 Å². The fraction of sp³-hybridized carbons (Fsp3) is 0.781. The average molecular weight is 580 g/mol. The normalized spacial score (nSPS) is 30.6. The number of aliphatic carboxylic acids is 1. The lowest BCUT2D eigenvalue weighted by Gasteiger charge is -2.44. The van der Waals surface area contributed by atoms with Gasteiger partial charge in [0, 0.05) is 24.7 Å². The molecule has 0 aromatic carbocycles. The van der Waals surface area contributed by atoms with E-state index in [0.29, 0.717) is 35.2 Å². The van der Waals surface area contributed by atoms with E-state index >= 15 is 0 Å². The summed E-state index contributed by atoms with van der Waals surface area (Å²) >= 11 is 0. The lowest BCUT2D eigenvalue weighted by atomic mass is 9.65. The molecule has 2 N–H and O–H groups in total. The van der Waals surface area contributed by atoms with Crippen molar-refractivity contribution in [3.8, 4) is 0 Å².